The Kier molecular flexibility index (Phi) is 30.5. The molecule has 16 aromatic carbocycles. The second kappa shape index (κ2) is 43.0. The molecule has 0 aliphatic carbocycles. The molecule has 0 radical (unpaired) electrons. The van der Waals surface area contributed by atoms with Crippen molar-refractivity contribution in [2.45, 2.75) is 185 Å². The lowest BCUT2D eigenvalue weighted by Crippen LogP contribution is -2.06. The average molecular weight is 1620 g/mol. The van der Waals surface area contributed by atoms with E-state index in [0.717, 1.165) is 38.5 Å². The maximum absolute atomic E-state index is 2.64. The molecule has 0 heterocycles. The van der Waals surface area contributed by atoms with Crippen LogP contribution >= 0.6 is 0 Å². The molecule has 0 aliphatic heterocycles. The van der Waals surface area contributed by atoms with E-state index in [1.54, 1.807) is 0 Å². The van der Waals surface area contributed by atoms with Crippen LogP contribution in [0.15, 0.2) is 364 Å². The van der Waals surface area contributed by atoms with E-state index in [0.29, 0.717) is 0 Å². The summed E-state index contributed by atoms with van der Waals surface area (Å²) in [5, 5.41) is 0. The predicted molar refractivity (Wildman–Crippen MR) is 537 cm³/mol. The van der Waals surface area contributed by atoms with Crippen molar-refractivity contribution in [2.24, 2.45) is 0 Å². The summed E-state index contributed by atoms with van der Waals surface area (Å²) >= 11 is 0. The number of aryl methyl sites for hydroxylation is 12. The Balaban J connectivity index is 0.000000302. The third-order valence-electron chi connectivity index (χ3n) is 25.1. The molecule has 0 bridgehead atoms. The molecule has 124 heavy (non-hydrogen) atoms. The van der Waals surface area contributed by atoms with Crippen LogP contribution in [0.2, 0.25) is 0 Å². The summed E-state index contributed by atoms with van der Waals surface area (Å²) in [6.07, 6.45) is 16.5. The number of benzene rings is 16. The Morgan fingerprint density at radius 1 is 0.169 bits per heavy atom. The normalized spacial score (nSPS) is 11.6. The number of hydrogen-bond donors (Lipinski definition) is 0. The Bertz CT molecular complexity index is 5620. The standard InChI is InChI=1S/C90H94.C27H24.C7H8/c1-9-13-15-17-21-81-61-88(86-58-56-84(60-66(86)8)90(78-49-41-74(42-50-78)70-33-25-64(6)26-34-70)80-53-45-76(46-54-80)72-37-29-68(20-12-4)30-38-72)82(22-18-16-14-10-2)62-87(81)85-57-55-83(59-65(85)7)89(77-47-39-73(40-48-77)69-31-23-63(5)24-32-69)79-51-43-75(44-52-79)71-35-27-67(19-11-3)28-36-71;1-19-4-10-22(11-5-19)25-16-26(23-12-6-20(2)7-13-23)18-27(17-25)24-14-8-21(3)9-15-24;1-7-5-3-2-4-6-7/h23-62,89-90H,9-22H2,1-8H3;4-18H,1-3H3;2-6H,1H3. The van der Waals surface area contributed by atoms with Crippen LogP contribution in [-0.4, -0.2) is 0 Å². The molecule has 0 N–H and O–H groups in total. The fourth-order valence-corrected chi connectivity index (χ4v) is 17.8. The van der Waals surface area contributed by atoms with Gasteiger partial charge in [0.05, 0.1) is 0 Å². The maximum atomic E-state index is 2.64. The highest BCUT2D eigenvalue weighted by Gasteiger charge is 2.24. The fraction of sp³-hybridized carbons (Fsp3) is 0.226. The van der Waals surface area contributed by atoms with E-state index in [1.807, 2.05) is 18.2 Å². The van der Waals surface area contributed by atoms with Gasteiger partial charge in [0, 0.05) is 11.8 Å². The second-order valence-electron chi connectivity index (χ2n) is 35.0. The largest absolute Gasteiger partial charge is 0.0654 e. The zero-order chi connectivity index (χ0) is 86.3. The zero-order valence-corrected chi connectivity index (χ0v) is 75.7. The lowest BCUT2D eigenvalue weighted by Gasteiger charge is -2.24. The van der Waals surface area contributed by atoms with Crippen LogP contribution < -0.4 is 0 Å². The summed E-state index contributed by atoms with van der Waals surface area (Å²) in [4.78, 5) is 0. The van der Waals surface area contributed by atoms with E-state index in [2.05, 4.69) is 429 Å². The van der Waals surface area contributed by atoms with Gasteiger partial charge in [-0.1, -0.05) is 458 Å². The van der Waals surface area contributed by atoms with Crippen LogP contribution in [0.5, 0.6) is 0 Å². The van der Waals surface area contributed by atoms with Crippen molar-refractivity contribution in [3.63, 3.8) is 0 Å². The maximum Gasteiger partial charge on any atom is 0.0340 e. The highest BCUT2D eigenvalue weighted by atomic mass is 14.3. The first-order valence-electron chi connectivity index (χ1n) is 46.0. The van der Waals surface area contributed by atoms with E-state index in [-0.39, 0.29) is 11.8 Å². The van der Waals surface area contributed by atoms with Crippen LogP contribution in [0.25, 0.3) is 100 Å². The smallest absolute Gasteiger partial charge is 0.0340 e. The molecule has 0 saturated carbocycles. The van der Waals surface area contributed by atoms with E-state index >= 15 is 0 Å². The van der Waals surface area contributed by atoms with Gasteiger partial charge in [-0.15, -0.1) is 0 Å². The number of unbranched alkanes of at least 4 members (excludes halogenated alkanes) is 6. The zero-order valence-electron chi connectivity index (χ0n) is 75.7. The van der Waals surface area contributed by atoms with Crippen LogP contribution in [0.4, 0.5) is 0 Å². The van der Waals surface area contributed by atoms with Crippen molar-refractivity contribution in [1.82, 2.24) is 0 Å². The summed E-state index contributed by atoms with van der Waals surface area (Å²) in [5.41, 5.74) is 47.0. The van der Waals surface area contributed by atoms with E-state index in [4.69, 9.17) is 0 Å². The Labute approximate surface area is 744 Å². The van der Waals surface area contributed by atoms with Gasteiger partial charge in [-0.3, -0.25) is 0 Å². The minimum Gasteiger partial charge on any atom is -0.0654 e. The monoisotopic (exact) mass is 1610 g/mol. The molecule has 2 unspecified atom stereocenters. The third kappa shape index (κ3) is 22.9. The van der Waals surface area contributed by atoms with Crippen molar-refractivity contribution in [1.29, 1.82) is 0 Å². The number of rotatable bonds is 29. The molecular weight excluding hydrogens is 1490 g/mol. The van der Waals surface area contributed by atoms with Crippen molar-refractivity contribution in [3.05, 3.63) is 464 Å². The minimum atomic E-state index is 0.0620. The van der Waals surface area contributed by atoms with Crippen molar-refractivity contribution in [3.8, 4) is 100 Å². The molecule has 16 rings (SSSR count). The van der Waals surface area contributed by atoms with E-state index < -0.39 is 0 Å². The first kappa shape index (κ1) is 87.9. The minimum absolute atomic E-state index is 0.0620. The topological polar surface area (TPSA) is 0 Å². The molecule has 0 fully saturated rings. The lowest BCUT2D eigenvalue weighted by molar-refractivity contribution is 0.664. The second-order valence-corrected chi connectivity index (χ2v) is 35.0. The fourth-order valence-electron chi connectivity index (χ4n) is 17.8. The predicted octanol–water partition coefficient (Wildman–Crippen LogP) is 35.0. The molecule has 0 spiro atoms. The van der Waals surface area contributed by atoms with Crippen LogP contribution in [0.3, 0.4) is 0 Å². The van der Waals surface area contributed by atoms with Gasteiger partial charge in [-0.25, -0.2) is 0 Å². The van der Waals surface area contributed by atoms with Gasteiger partial charge < -0.3 is 0 Å². The van der Waals surface area contributed by atoms with Crippen molar-refractivity contribution in [2.75, 3.05) is 0 Å². The van der Waals surface area contributed by atoms with Gasteiger partial charge in [-0.2, -0.15) is 0 Å². The van der Waals surface area contributed by atoms with Gasteiger partial charge >= 0.3 is 0 Å². The van der Waals surface area contributed by atoms with E-state index in [9.17, 15) is 0 Å². The van der Waals surface area contributed by atoms with Gasteiger partial charge in [0.15, 0.2) is 0 Å². The first-order valence-corrected chi connectivity index (χ1v) is 46.0. The average Bonchev–Trinajstić information content (AvgIpc) is 0.771. The quantitative estimate of drug-likeness (QED) is 0.0324. The van der Waals surface area contributed by atoms with Gasteiger partial charge in [-0.05, 0) is 279 Å². The molecule has 2 atom stereocenters. The van der Waals surface area contributed by atoms with Crippen molar-refractivity contribution >= 4 is 0 Å². The molecule has 0 saturated heterocycles. The Morgan fingerprint density at radius 2 is 0.403 bits per heavy atom. The molecule has 0 heteroatoms. The summed E-state index contributed by atoms with van der Waals surface area (Å²) in [6, 6.07) is 137. The Morgan fingerprint density at radius 3 is 0.637 bits per heavy atom. The van der Waals surface area contributed by atoms with Gasteiger partial charge in [0.1, 0.15) is 0 Å². The number of hydrogen-bond acceptors (Lipinski definition) is 0. The molecule has 16 aromatic rings. The van der Waals surface area contributed by atoms with Crippen LogP contribution in [-0.2, 0) is 25.7 Å². The van der Waals surface area contributed by atoms with Gasteiger partial charge in [0.2, 0.25) is 0 Å². The summed E-state index contributed by atoms with van der Waals surface area (Å²) < 4.78 is 0. The lowest BCUT2D eigenvalue weighted by atomic mass is 9.80. The third-order valence-corrected chi connectivity index (χ3v) is 25.1. The Hall–Kier alpha value is -12.5. The summed E-state index contributed by atoms with van der Waals surface area (Å²) in [6.45, 7) is 26.7. The highest BCUT2D eigenvalue weighted by Crippen LogP contribution is 2.44. The molecule has 0 aromatic heterocycles. The molecule has 0 nitrogen and oxygen atoms in total. The summed E-state index contributed by atoms with van der Waals surface area (Å²) in [5.74, 6) is 0.124. The molecule has 0 aliphatic rings. The first-order chi connectivity index (χ1) is 60.5. The SMILES string of the molecule is CCCCCCc1cc(-c2ccc(C(c3ccc(-c4ccc(C)cc4)cc3)c3ccc(-c4ccc(CCC)cc4)cc3)cc2C)c(CCCCCC)cc1-c1ccc(C(c2ccc(-c3ccc(C)cc3)cc2)c2ccc(-c3ccc(CCC)cc3)cc2)cc1C.Cc1ccc(-c2cc(-c3ccc(C)cc3)cc(-c3ccc(C)cc3)c2)cc1.Cc1ccccc1. The molecule has 622 valence electrons. The summed E-state index contributed by atoms with van der Waals surface area (Å²) in [7, 11) is 0. The van der Waals surface area contributed by atoms with Crippen molar-refractivity contribution < 1.29 is 0 Å². The molecule has 0 amide bonds. The molecular formula is C124H126. The van der Waals surface area contributed by atoms with Crippen LogP contribution in [0, 0.1) is 55.4 Å². The highest BCUT2D eigenvalue weighted by molar-refractivity contribution is 5.83. The van der Waals surface area contributed by atoms with E-state index in [1.165, 1.54) is 252 Å². The van der Waals surface area contributed by atoms with Gasteiger partial charge in [0.25, 0.3) is 0 Å². The van der Waals surface area contributed by atoms with Crippen LogP contribution in [0.1, 0.15) is 204 Å².